The Bertz CT molecular complexity index is 535. The Balaban J connectivity index is 2.61. The third-order valence-corrected chi connectivity index (χ3v) is 3.19. The average molecular weight is 292 g/mol. The minimum atomic E-state index is 1.10. The number of hydrogen-bond acceptors (Lipinski definition) is 1. The van der Waals surface area contributed by atoms with E-state index in [4.69, 9.17) is 0 Å². The van der Waals surface area contributed by atoms with Crippen LogP contribution in [0.3, 0.4) is 0 Å². The first-order valence-electron chi connectivity index (χ1n) is 5.50. The van der Waals surface area contributed by atoms with Crippen molar-refractivity contribution >= 4 is 21.6 Å². The third-order valence-electron chi connectivity index (χ3n) is 2.69. The molecule has 0 aliphatic carbocycles. The summed E-state index contributed by atoms with van der Waals surface area (Å²) in [5, 5.41) is 0. The molecule has 2 nitrogen and oxygen atoms in total. The van der Waals surface area contributed by atoms with Gasteiger partial charge < -0.3 is 4.90 Å². The Labute approximate surface area is 111 Å². The maximum absolute atomic E-state index is 3.52. The summed E-state index contributed by atoms with van der Waals surface area (Å²) in [5.41, 5.74) is 3.68. The molecule has 0 saturated heterocycles. The molecule has 0 atom stereocenters. The number of halogens is 1. The summed E-state index contributed by atoms with van der Waals surface area (Å²) in [6, 6.07) is 10.5. The molecule has 88 valence electrons. The molecule has 0 radical (unpaired) electrons. The van der Waals surface area contributed by atoms with Gasteiger partial charge in [-0.3, -0.25) is 0 Å². The SMILES string of the molecule is CN(C)c1cc[n+](C)cc1-c1cccc(Br)c1. The molecule has 0 spiro atoms. The molecular weight excluding hydrogens is 276 g/mol. The highest BCUT2D eigenvalue weighted by atomic mass is 79.9. The van der Waals surface area contributed by atoms with Gasteiger partial charge >= 0.3 is 0 Å². The van der Waals surface area contributed by atoms with Crippen LogP contribution in [0.1, 0.15) is 0 Å². The van der Waals surface area contributed by atoms with Gasteiger partial charge in [-0.25, -0.2) is 4.57 Å². The smallest absolute Gasteiger partial charge is 0.178 e. The molecule has 1 aromatic carbocycles. The largest absolute Gasteiger partial charge is 0.377 e. The van der Waals surface area contributed by atoms with Gasteiger partial charge in [0, 0.05) is 24.6 Å². The van der Waals surface area contributed by atoms with E-state index < -0.39 is 0 Å². The molecule has 0 fully saturated rings. The fraction of sp³-hybridized carbons (Fsp3) is 0.214. The number of rotatable bonds is 2. The van der Waals surface area contributed by atoms with Crippen LogP contribution in [-0.2, 0) is 7.05 Å². The highest BCUT2D eigenvalue weighted by Crippen LogP contribution is 2.29. The molecule has 17 heavy (non-hydrogen) atoms. The predicted octanol–water partition coefficient (Wildman–Crippen LogP) is 3.01. The molecule has 3 heteroatoms. The first-order chi connectivity index (χ1) is 8.08. The highest BCUT2D eigenvalue weighted by Gasteiger charge is 2.11. The van der Waals surface area contributed by atoms with Gasteiger partial charge in [-0.1, -0.05) is 28.1 Å². The second-order valence-electron chi connectivity index (χ2n) is 4.31. The first-order valence-corrected chi connectivity index (χ1v) is 6.30. The number of pyridine rings is 1. The van der Waals surface area contributed by atoms with Crippen LogP contribution >= 0.6 is 15.9 Å². The molecule has 0 bridgehead atoms. The van der Waals surface area contributed by atoms with Gasteiger partial charge in [0.05, 0.1) is 11.3 Å². The van der Waals surface area contributed by atoms with E-state index >= 15 is 0 Å². The predicted molar refractivity (Wildman–Crippen MR) is 75.1 cm³/mol. The van der Waals surface area contributed by atoms with Crippen molar-refractivity contribution < 1.29 is 4.57 Å². The second kappa shape index (κ2) is 4.88. The van der Waals surface area contributed by atoms with Crippen LogP contribution in [0.25, 0.3) is 11.1 Å². The summed E-state index contributed by atoms with van der Waals surface area (Å²) in [6.45, 7) is 0. The minimum absolute atomic E-state index is 1.10. The quantitative estimate of drug-likeness (QED) is 0.772. The molecule has 0 aliphatic rings. The van der Waals surface area contributed by atoms with Crippen molar-refractivity contribution in [3.63, 3.8) is 0 Å². The average Bonchev–Trinajstić information content (AvgIpc) is 2.28. The van der Waals surface area contributed by atoms with Gasteiger partial charge in [0.15, 0.2) is 12.4 Å². The Kier molecular flexibility index (Phi) is 3.48. The van der Waals surface area contributed by atoms with E-state index in [2.05, 4.69) is 76.2 Å². The zero-order valence-electron chi connectivity index (χ0n) is 10.3. The summed E-state index contributed by atoms with van der Waals surface area (Å²) in [4.78, 5) is 2.14. The van der Waals surface area contributed by atoms with Crippen molar-refractivity contribution in [2.75, 3.05) is 19.0 Å². The summed E-state index contributed by atoms with van der Waals surface area (Å²) >= 11 is 3.52. The minimum Gasteiger partial charge on any atom is -0.377 e. The van der Waals surface area contributed by atoms with E-state index in [1.54, 1.807) is 0 Å². The van der Waals surface area contributed by atoms with Gasteiger partial charge in [0.25, 0.3) is 0 Å². The van der Waals surface area contributed by atoms with Crippen molar-refractivity contribution in [2.45, 2.75) is 0 Å². The Morgan fingerprint density at radius 2 is 1.94 bits per heavy atom. The highest BCUT2D eigenvalue weighted by molar-refractivity contribution is 9.10. The lowest BCUT2D eigenvalue weighted by Crippen LogP contribution is -2.27. The van der Waals surface area contributed by atoms with Crippen LogP contribution in [0.4, 0.5) is 5.69 Å². The number of nitrogens with zero attached hydrogens (tertiary/aromatic N) is 2. The monoisotopic (exact) mass is 291 g/mol. The second-order valence-corrected chi connectivity index (χ2v) is 5.23. The van der Waals surface area contributed by atoms with Crippen LogP contribution in [-0.4, -0.2) is 14.1 Å². The number of anilines is 1. The van der Waals surface area contributed by atoms with E-state index in [1.807, 2.05) is 13.1 Å². The zero-order valence-corrected chi connectivity index (χ0v) is 11.9. The molecule has 0 N–H and O–H groups in total. The maximum Gasteiger partial charge on any atom is 0.178 e. The zero-order chi connectivity index (χ0) is 12.4. The third kappa shape index (κ3) is 2.67. The Morgan fingerprint density at radius 1 is 1.18 bits per heavy atom. The van der Waals surface area contributed by atoms with Crippen molar-refractivity contribution in [1.29, 1.82) is 0 Å². The summed E-state index contributed by atoms with van der Waals surface area (Å²) < 4.78 is 3.18. The van der Waals surface area contributed by atoms with Gasteiger partial charge in [-0.15, -0.1) is 0 Å². The summed E-state index contributed by atoms with van der Waals surface area (Å²) in [6.07, 6.45) is 4.22. The summed E-state index contributed by atoms with van der Waals surface area (Å²) in [7, 11) is 6.18. The van der Waals surface area contributed by atoms with E-state index in [1.165, 1.54) is 16.8 Å². The molecule has 1 heterocycles. The fourth-order valence-electron chi connectivity index (χ4n) is 1.86. The van der Waals surface area contributed by atoms with Crippen molar-refractivity contribution in [2.24, 2.45) is 7.05 Å². The normalized spacial score (nSPS) is 10.4. The number of benzene rings is 1. The van der Waals surface area contributed by atoms with Crippen LogP contribution < -0.4 is 9.47 Å². The lowest BCUT2D eigenvalue weighted by molar-refractivity contribution is -0.670. The van der Waals surface area contributed by atoms with E-state index in [-0.39, 0.29) is 0 Å². The number of aromatic nitrogens is 1. The maximum atomic E-state index is 3.52. The topological polar surface area (TPSA) is 7.12 Å². The van der Waals surface area contributed by atoms with Crippen molar-refractivity contribution in [3.8, 4) is 11.1 Å². The van der Waals surface area contributed by atoms with E-state index in [0.717, 1.165) is 4.47 Å². The van der Waals surface area contributed by atoms with Crippen LogP contribution in [0.5, 0.6) is 0 Å². The van der Waals surface area contributed by atoms with E-state index in [9.17, 15) is 0 Å². The van der Waals surface area contributed by atoms with Crippen molar-refractivity contribution in [3.05, 3.63) is 47.2 Å². The molecule has 2 aromatic rings. The van der Waals surface area contributed by atoms with Gasteiger partial charge in [0.1, 0.15) is 7.05 Å². The molecule has 1 aromatic heterocycles. The fourth-order valence-corrected chi connectivity index (χ4v) is 2.26. The molecular formula is C14H16BrN2+. The Morgan fingerprint density at radius 3 is 2.59 bits per heavy atom. The first kappa shape index (κ1) is 12.1. The molecule has 0 aliphatic heterocycles. The Hall–Kier alpha value is -1.35. The number of aryl methyl sites for hydroxylation is 1. The molecule has 0 unspecified atom stereocenters. The molecule has 0 saturated carbocycles. The van der Waals surface area contributed by atoms with Crippen molar-refractivity contribution in [1.82, 2.24) is 0 Å². The van der Waals surface area contributed by atoms with Gasteiger partial charge in [0.2, 0.25) is 0 Å². The van der Waals surface area contributed by atoms with Gasteiger partial charge in [-0.2, -0.15) is 0 Å². The van der Waals surface area contributed by atoms with Crippen LogP contribution in [0.15, 0.2) is 47.2 Å². The van der Waals surface area contributed by atoms with Gasteiger partial charge in [-0.05, 0) is 17.7 Å². The lowest BCUT2D eigenvalue weighted by atomic mass is 10.1. The molecule has 0 amide bonds. The summed E-state index contributed by atoms with van der Waals surface area (Å²) in [5.74, 6) is 0. The number of hydrogen-bond donors (Lipinski definition) is 0. The lowest BCUT2D eigenvalue weighted by Gasteiger charge is -2.16. The molecule has 2 rings (SSSR count). The van der Waals surface area contributed by atoms with Crippen LogP contribution in [0.2, 0.25) is 0 Å². The standard InChI is InChI=1S/C14H16BrN2/c1-16(2)14-7-8-17(3)10-13(14)11-5-4-6-12(15)9-11/h4-10H,1-3H3/q+1. The van der Waals surface area contributed by atoms with Crippen LogP contribution in [0, 0.1) is 0 Å². The van der Waals surface area contributed by atoms with E-state index in [0.29, 0.717) is 0 Å².